The topological polar surface area (TPSA) is 58.2 Å². The van der Waals surface area contributed by atoms with E-state index in [0.717, 1.165) is 16.8 Å². The fourth-order valence-electron chi connectivity index (χ4n) is 2.67. The predicted molar refractivity (Wildman–Crippen MR) is 116 cm³/mol. The number of hydrogen-bond donors (Lipinski definition) is 2. The van der Waals surface area contributed by atoms with Crippen molar-refractivity contribution in [2.75, 3.05) is 16.4 Å². The molecule has 0 aliphatic rings. The van der Waals surface area contributed by atoms with Crippen molar-refractivity contribution < 1.29 is 14.0 Å². The molecule has 3 rings (SSSR count). The Bertz CT molecular complexity index is 1040. The van der Waals surface area contributed by atoms with E-state index in [9.17, 15) is 14.0 Å². The number of amides is 2. The highest BCUT2D eigenvalue weighted by atomic mass is 32.2. The van der Waals surface area contributed by atoms with Crippen molar-refractivity contribution in [2.45, 2.75) is 18.7 Å². The third-order valence-electron chi connectivity index (χ3n) is 4.20. The summed E-state index contributed by atoms with van der Waals surface area (Å²) in [6.07, 6.45) is 0. The minimum absolute atomic E-state index is 0.123. The second kappa shape index (κ2) is 9.39. The van der Waals surface area contributed by atoms with Crippen LogP contribution in [0.4, 0.5) is 15.8 Å². The van der Waals surface area contributed by atoms with E-state index in [-0.39, 0.29) is 17.3 Å². The van der Waals surface area contributed by atoms with Crippen LogP contribution >= 0.6 is 11.8 Å². The summed E-state index contributed by atoms with van der Waals surface area (Å²) in [6, 6.07) is 19.1. The average Bonchev–Trinajstić information content (AvgIpc) is 2.70. The van der Waals surface area contributed by atoms with Crippen molar-refractivity contribution in [3.8, 4) is 0 Å². The Hall–Kier alpha value is -3.12. The number of carbonyl (C=O) groups is 2. The molecule has 148 valence electrons. The molecule has 29 heavy (non-hydrogen) atoms. The molecule has 6 heteroatoms. The van der Waals surface area contributed by atoms with Crippen molar-refractivity contribution in [1.82, 2.24) is 0 Å². The van der Waals surface area contributed by atoms with Gasteiger partial charge in [-0.15, -0.1) is 11.8 Å². The molecular formula is C23H21FN2O2S. The van der Waals surface area contributed by atoms with Crippen molar-refractivity contribution in [3.63, 3.8) is 0 Å². The van der Waals surface area contributed by atoms with E-state index in [1.807, 2.05) is 31.2 Å². The Morgan fingerprint density at radius 3 is 2.31 bits per heavy atom. The number of aryl methyl sites for hydroxylation is 2. The van der Waals surface area contributed by atoms with Gasteiger partial charge >= 0.3 is 0 Å². The number of carbonyl (C=O) groups excluding carboxylic acids is 2. The van der Waals surface area contributed by atoms with Crippen LogP contribution in [0.3, 0.4) is 0 Å². The first kappa shape index (κ1) is 20.6. The van der Waals surface area contributed by atoms with Gasteiger partial charge < -0.3 is 10.6 Å². The zero-order valence-corrected chi connectivity index (χ0v) is 17.0. The SMILES string of the molecule is Cc1ccc(NC(=O)CSc2ccccc2C(=O)Nc2ccc(C)cc2F)cc1. The van der Waals surface area contributed by atoms with E-state index in [1.54, 1.807) is 37.3 Å². The fourth-order valence-corrected chi connectivity index (χ4v) is 3.52. The summed E-state index contributed by atoms with van der Waals surface area (Å²) in [4.78, 5) is 25.5. The molecule has 0 aromatic heterocycles. The molecule has 0 radical (unpaired) electrons. The summed E-state index contributed by atoms with van der Waals surface area (Å²) in [5.41, 5.74) is 3.12. The van der Waals surface area contributed by atoms with Crippen LogP contribution in [0.2, 0.25) is 0 Å². The zero-order valence-electron chi connectivity index (χ0n) is 16.2. The normalized spacial score (nSPS) is 10.4. The van der Waals surface area contributed by atoms with Crippen molar-refractivity contribution >= 4 is 35.0 Å². The summed E-state index contributed by atoms with van der Waals surface area (Å²) >= 11 is 1.26. The number of halogens is 1. The Morgan fingerprint density at radius 1 is 0.897 bits per heavy atom. The summed E-state index contributed by atoms with van der Waals surface area (Å²) in [7, 11) is 0. The molecule has 0 saturated heterocycles. The van der Waals surface area contributed by atoms with Crippen LogP contribution in [0.15, 0.2) is 71.6 Å². The quantitative estimate of drug-likeness (QED) is 0.535. The lowest BCUT2D eigenvalue weighted by atomic mass is 10.2. The molecule has 0 fully saturated rings. The predicted octanol–water partition coefficient (Wildman–Crippen LogP) is 5.43. The fraction of sp³-hybridized carbons (Fsp3) is 0.130. The molecule has 0 bridgehead atoms. The van der Waals surface area contributed by atoms with E-state index in [0.29, 0.717) is 10.5 Å². The van der Waals surface area contributed by atoms with Crippen LogP contribution in [0.25, 0.3) is 0 Å². The van der Waals surface area contributed by atoms with Gasteiger partial charge in [0.1, 0.15) is 5.82 Å². The maximum absolute atomic E-state index is 14.0. The van der Waals surface area contributed by atoms with Gasteiger partial charge in [-0.2, -0.15) is 0 Å². The first-order valence-corrected chi connectivity index (χ1v) is 10.1. The van der Waals surface area contributed by atoms with Crippen LogP contribution in [-0.4, -0.2) is 17.6 Å². The van der Waals surface area contributed by atoms with Crippen LogP contribution in [0.1, 0.15) is 21.5 Å². The standard InChI is InChI=1S/C23H21FN2O2S/c1-15-7-10-17(11-8-15)25-22(27)14-29-21-6-4-3-5-18(21)23(28)26-20-12-9-16(2)13-19(20)24/h3-13H,14H2,1-2H3,(H,25,27)(H,26,28). The Morgan fingerprint density at radius 2 is 1.59 bits per heavy atom. The number of hydrogen-bond acceptors (Lipinski definition) is 3. The highest BCUT2D eigenvalue weighted by Crippen LogP contribution is 2.25. The van der Waals surface area contributed by atoms with Gasteiger partial charge in [0.15, 0.2) is 0 Å². The first-order chi connectivity index (χ1) is 13.9. The van der Waals surface area contributed by atoms with Gasteiger partial charge in [0, 0.05) is 10.6 Å². The van der Waals surface area contributed by atoms with Gasteiger partial charge in [-0.3, -0.25) is 9.59 Å². The molecule has 0 heterocycles. The smallest absolute Gasteiger partial charge is 0.256 e. The summed E-state index contributed by atoms with van der Waals surface area (Å²) in [5.74, 6) is -0.925. The summed E-state index contributed by atoms with van der Waals surface area (Å²) < 4.78 is 14.0. The number of rotatable bonds is 6. The number of anilines is 2. The lowest BCUT2D eigenvalue weighted by Crippen LogP contribution is -2.16. The van der Waals surface area contributed by atoms with Gasteiger partial charge in [-0.1, -0.05) is 35.9 Å². The van der Waals surface area contributed by atoms with E-state index < -0.39 is 11.7 Å². The van der Waals surface area contributed by atoms with Gasteiger partial charge in [0.2, 0.25) is 5.91 Å². The molecule has 0 aliphatic carbocycles. The molecule has 0 atom stereocenters. The molecule has 2 N–H and O–H groups in total. The highest BCUT2D eigenvalue weighted by molar-refractivity contribution is 8.00. The molecule has 2 amide bonds. The lowest BCUT2D eigenvalue weighted by molar-refractivity contribution is -0.113. The minimum atomic E-state index is -0.485. The van der Waals surface area contributed by atoms with E-state index in [2.05, 4.69) is 10.6 Å². The van der Waals surface area contributed by atoms with Crippen LogP contribution < -0.4 is 10.6 Å². The van der Waals surface area contributed by atoms with Crippen LogP contribution in [0, 0.1) is 19.7 Å². The average molecular weight is 408 g/mol. The molecular weight excluding hydrogens is 387 g/mol. The first-order valence-electron chi connectivity index (χ1n) is 9.08. The largest absolute Gasteiger partial charge is 0.325 e. The molecule has 0 unspecified atom stereocenters. The summed E-state index contributed by atoms with van der Waals surface area (Å²) in [5, 5.41) is 5.43. The second-order valence-corrected chi connectivity index (χ2v) is 7.65. The van der Waals surface area contributed by atoms with Gasteiger partial charge in [0.25, 0.3) is 5.91 Å². The molecule has 0 saturated carbocycles. The Balaban J connectivity index is 1.65. The monoisotopic (exact) mass is 408 g/mol. The minimum Gasteiger partial charge on any atom is -0.325 e. The third-order valence-corrected chi connectivity index (χ3v) is 5.27. The van der Waals surface area contributed by atoms with Gasteiger partial charge in [0.05, 0.1) is 17.0 Å². The summed E-state index contributed by atoms with van der Waals surface area (Å²) in [6.45, 7) is 3.76. The van der Waals surface area contributed by atoms with E-state index >= 15 is 0 Å². The molecule has 4 nitrogen and oxygen atoms in total. The molecule has 3 aromatic carbocycles. The maximum atomic E-state index is 14.0. The number of benzene rings is 3. The maximum Gasteiger partial charge on any atom is 0.256 e. The van der Waals surface area contributed by atoms with Gasteiger partial charge in [-0.05, 0) is 55.8 Å². The van der Waals surface area contributed by atoms with E-state index in [4.69, 9.17) is 0 Å². The van der Waals surface area contributed by atoms with Gasteiger partial charge in [-0.25, -0.2) is 4.39 Å². The van der Waals surface area contributed by atoms with Crippen LogP contribution in [-0.2, 0) is 4.79 Å². The second-order valence-electron chi connectivity index (χ2n) is 6.64. The molecule has 0 spiro atoms. The number of nitrogens with one attached hydrogen (secondary N) is 2. The van der Waals surface area contributed by atoms with E-state index in [1.165, 1.54) is 23.9 Å². The van der Waals surface area contributed by atoms with Crippen molar-refractivity contribution in [2.24, 2.45) is 0 Å². The lowest BCUT2D eigenvalue weighted by Gasteiger charge is -2.11. The Labute approximate surface area is 173 Å². The van der Waals surface area contributed by atoms with Crippen molar-refractivity contribution in [3.05, 3.63) is 89.2 Å². The third kappa shape index (κ3) is 5.68. The van der Waals surface area contributed by atoms with Crippen molar-refractivity contribution in [1.29, 1.82) is 0 Å². The molecule has 3 aromatic rings. The Kier molecular flexibility index (Phi) is 6.67. The zero-order chi connectivity index (χ0) is 20.8. The van der Waals surface area contributed by atoms with Crippen LogP contribution in [0.5, 0.6) is 0 Å². The number of thioether (sulfide) groups is 1. The molecule has 0 aliphatic heterocycles. The highest BCUT2D eigenvalue weighted by Gasteiger charge is 2.15.